The number of piperidine rings is 1. The van der Waals surface area contributed by atoms with Crippen LogP contribution in [0.15, 0.2) is 71.6 Å². The molecular formula is C36H49N3O6S. The zero-order chi connectivity index (χ0) is 32.7. The van der Waals surface area contributed by atoms with Gasteiger partial charge in [0, 0.05) is 44.8 Å². The number of hydrogen-bond donors (Lipinski definition) is 2. The summed E-state index contributed by atoms with van der Waals surface area (Å²) in [4.78, 5) is 2.65. The van der Waals surface area contributed by atoms with Gasteiger partial charge in [0.2, 0.25) is 0 Å². The highest BCUT2D eigenvalue weighted by molar-refractivity contribution is 7.92. The van der Waals surface area contributed by atoms with Crippen molar-refractivity contribution in [2.75, 3.05) is 52.0 Å². The number of benzene rings is 3. The third-order valence-electron chi connectivity index (χ3n) is 9.30. The zero-order valence-electron chi connectivity index (χ0n) is 27.5. The first kappa shape index (κ1) is 34.2. The smallest absolute Gasteiger partial charge is 0.184 e. The van der Waals surface area contributed by atoms with Crippen LogP contribution in [0.4, 0.5) is 5.69 Å². The van der Waals surface area contributed by atoms with Crippen LogP contribution in [-0.4, -0.2) is 78.9 Å². The van der Waals surface area contributed by atoms with E-state index >= 15 is 0 Å². The molecule has 0 bridgehead atoms. The number of fused-ring (bicyclic) bond motifs is 1. The molecule has 46 heavy (non-hydrogen) atoms. The number of nitrogens with two attached hydrogens (primary N) is 1. The van der Waals surface area contributed by atoms with Gasteiger partial charge >= 0.3 is 0 Å². The molecule has 3 aromatic carbocycles. The van der Waals surface area contributed by atoms with Crippen LogP contribution in [0.5, 0.6) is 11.5 Å². The summed E-state index contributed by atoms with van der Waals surface area (Å²) in [7, 11) is -0.336. The number of methoxy groups -OCH3 is 2. The average molecular weight is 652 g/mol. The van der Waals surface area contributed by atoms with Crippen LogP contribution in [0.2, 0.25) is 0 Å². The Hall–Kier alpha value is -3.15. The molecule has 3 N–H and O–H groups in total. The van der Waals surface area contributed by atoms with E-state index in [4.69, 9.17) is 24.7 Å². The highest BCUT2D eigenvalue weighted by Crippen LogP contribution is 2.37. The Balaban J connectivity index is 1.38. The lowest BCUT2D eigenvalue weighted by molar-refractivity contribution is 0.00206. The Morgan fingerprint density at radius 3 is 2.52 bits per heavy atom. The molecule has 2 heterocycles. The fourth-order valence-electron chi connectivity index (χ4n) is 6.65. The molecular weight excluding hydrogens is 602 g/mol. The second kappa shape index (κ2) is 15.6. The standard InChI is InChI=1S/C36H49N3O6S/c1-5-31(37)36(46(40,41)29-14-7-25(2)8-15-29)32-22-30(27-10-12-28(43-4)13-11-27)35(23-38-32)45-24-26-9-16-34-33(21-26)39(18-20-44-34)17-6-19-42-3/h7-16,21,30-32,35-36,38H,5-6,17-20,22-24,37H2,1-4H3/t30-,31-,32-,35+,36?/m1/s1. The van der Waals surface area contributed by atoms with Gasteiger partial charge in [0.1, 0.15) is 18.1 Å². The van der Waals surface area contributed by atoms with E-state index in [9.17, 15) is 8.42 Å². The largest absolute Gasteiger partial charge is 0.497 e. The molecule has 250 valence electrons. The van der Waals surface area contributed by atoms with Crippen molar-refractivity contribution in [3.8, 4) is 11.5 Å². The molecule has 5 atom stereocenters. The molecule has 3 aromatic rings. The summed E-state index contributed by atoms with van der Waals surface area (Å²) >= 11 is 0. The van der Waals surface area contributed by atoms with Gasteiger partial charge in [-0.15, -0.1) is 0 Å². The lowest BCUT2D eigenvalue weighted by Crippen LogP contribution is -2.58. The number of hydrogen-bond acceptors (Lipinski definition) is 9. The van der Waals surface area contributed by atoms with Gasteiger partial charge in [0.05, 0.1) is 42.2 Å². The highest BCUT2D eigenvalue weighted by Gasteiger charge is 2.43. The highest BCUT2D eigenvalue weighted by atomic mass is 32.2. The molecule has 1 fully saturated rings. The first-order chi connectivity index (χ1) is 22.2. The second-order valence-electron chi connectivity index (χ2n) is 12.4. The number of aryl methyl sites for hydroxylation is 1. The van der Waals surface area contributed by atoms with E-state index < -0.39 is 21.1 Å². The quantitative estimate of drug-likeness (QED) is 0.236. The Morgan fingerprint density at radius 1 is 1.07 bits per heavy atom. The minimum Gasteiger partial charge on any atom is -0.497 e. The summed E-state index contributed by atoms with van der Waals surface area (Å²) in [5.41, 5.74) is 10.8. The number of ether oxygens (including phenoxy) is 4. The van der Waals surface area contributed by atoms with Crippen molar-refractivity contribution in [3.63, 3.8) is 0 Å². The van der Waals surface area contributed by atoms with Gasteiger partial charge in [-0.2, -0.15) is 0 Å². The fraction of sp³-hybridized carbons (Fsp3) is 0.500. The van der Waals surface area contributed by atoms with Gasteiger partial charge in [-0.05, 0) is 73.7 Å². The monoisotopic (exact) mass is 651 g/mol. The molecule has 0 spiro atoms. The van der Waals surface area contributed by atoms with Gasteiger partial charge in [-0.1, -0.05) is 42.8 Å². The Labute approximate surface area is 274 Å². The first-order valence-corrected chi connectivity index (χ1v) is 17.8. The molecule has 0 saturated carbocycles. The summed E-state index contributed by atoms with van der Waals surface area (Å²) in [6, 6.07) is 20.4. The zero-order valence-corrected chi connectivity index (χ0v) is 28.3. The predicted octanol–water partition coefficient (Wildman–Crippen LogP) is 4.85. The molecule has 2 aliphatic rings. The van der Waals surface area contributed by atoms with Crippen molar-refractivity contribution in [3.05, 3.63) is 83.4 Å². The van der Waals surface area contributed by atoms with E-state index in [0.29, 0.717) is 44.1 Å². The van der Waals surface area contributed by atoms with Crippen molar-refractivity contribution < 1.29 is 27.4 Å². The maximum atomic E-state index is 14.1. The topological polar surface area (TPSA) is 112 Å². The SMILES string of the molecule is CC[C@@H](N)C([C@H]1C[C@H](c2ccc(OC)cc2)[C@@H](OCc2ccc3c(c2)N(CCCOC)CCO3)CN1)S(=O)(=O)c1ccc(C)cc1. The molecule has 0 aliphatic carbocycles. The lowest BCUT2D eigenvalue weighted by atomic mass is 9.82. The van der Waals surface area contributed by atoms with E-state index in [1.165, 1.54) is 0 Å². The summed E-state index contributed by atoms with van der Waals surface area (Å²) in [6.07, 6.45) is 1.87. The molecule has 2 aliphatic heterocycles. The van der Waals surface area contributed by atoms with Crippen molar-refractivity contribution in [2.45, 2.75) is 74.0 Å². The lowest BCUT2D eigenvalue weighted by Gasteiger charge is -2.41. The van der Waals surface area contributed by atoms with Gasteiger partial charge in [0.25, 0.3) is 0 Å². The number of rotatable bonds is 14. The summed E-state index contributed by atoms with van der Waals surface area (Å²) in [5, 5.41) is 2.78. The van der Waals surface area contributed by atoms with Crippen LogP contribution >= 0.6 is 0 Å². The second-order valence-corrected chi connectivity index (χ2v) is 14.5. The molecule has 1 unspecified atom stereocenters. The molecule has 5 rings (SSSR count). The van der Waals surface area contributed by atoms with Gasteiger partial charge in [-0.25, -0.2) is 8.42 Å². The predicted molar refractivity (Wildman–Crippen MR) is 182 cm³/mol. The molecule has 0 aromatic heterocycles. The van der Waals surface area contributed by atoms with Crippen molar-refractivity contribution in [2.24, 2.45) is 5.73 Å². The van der Waals surface area contributed by atoms with Gasteiger partial charge < -0.3 is 34.9 Å². The van der Waals surface area contributed by atoms with Crippen LogP contribution in [-0.2, 0) is 25.9 Å². The molecule has 0 amide bonds. The van der Waals surface area contributed by atoms with Crippen LogP contribution in [0.3, 0.4) is 0 Å². The maximum absolute atomic E-state index is 14.1. The van der Waals surface area contributed by atoms with Crippen molar-refractivity contribution in [1.29, 1.82) is 0 Å². The fourth-order valence-corrected chi connectivity index (χ4v) is 8.77. The van der Waals surface area contributed by atoms with Crippen LogP contribution in [0.1, 0.15) is 48.8 Å². The summed E-state index contributed by atoms with van der Waals surface area (Å²) in [6.45, 7) is 7.92. The number of nitrogens with zero attached hydrogens (tertiary/aromatic N) is 1. The maximum Gasteiger partial charge on any atom is 0.184 e. The van der Waals surface area contributed by atoms with Crippen LogP contribution in [0.25, 0.3) is 0 Å². The van der Waals surface area contributed by atoms with Gasteiger partial charge in [0.15, 0.2) is 9.84 Å². The Kier molecular flexibility index (Phi) is 11.6. The number of sulfone groups is 1. The number of anilines is 1. The first-order valence-electron chi connectivity index (χ1n) is 16.3. The molecule has 0 radical (unpaired) electrons. The van der Waals surface area contributed by atoms with E-state index in [-0.39, 0.29) is 18.1 Å². The van der Waals surface area contributed by atoms with Gasteiger partial charge in [-0.3, -0.25) is 0 Å². The van der Waals surface area contributed by atoms with E-state index in [1.807, 2.05) is 44.2 Å². The molecule has 1 saturated heterocycles. The average Bonchev–Trinajstić information content (AvgIpc) is 3.08. The third kappa shape index (κ3) is 7.86. The van der Waals surface area contributed by atoms with Crippen LogP contribution < -0.4 is 25.4 Å². The normalized spacial score (nSPS) is 21.2. The van der Waals surface area contributed by atoms with E-state index in [2.05, 4.69) is 34.5 Å². The minimum atomic E-state index is -3.71. The van der Waals surface area contributed by atoms with Crippen molar-refractivity contribution >= 4 is 15.5 Å². The summed E-state index contributed by atoms with van der Waals surface area (Å²) < 4.78 is 51.5. The summed E-state index contributed by atoms with van der Waals surface area (Å²) in [5.74, 6) is 1.60. The van der Waals surface area contributed by atoms with Crippen LogP contribution in [0, 0.1) is 6.92 Å². The molecule has 10 heteroatoms. The molecule has 9 nitrogen and oxygen atoms in total. The van der Waals surface area contributed by atoms with E-state index in [1.54, 1.807) is 26.4 Å². The Bertz CT molecular complexity index is 1520. The Morgan fingerprint density at radius 2 is 1.83 bits per heavy atom. The van der Waals surface area contributed by atoms with Crippen molar-refractivity contribution in [1.82, 2.24) is 5.32 Å². The third-order valence-corrected chi connectivity index (χ3v) is 11.6. The van der Waals surface area contributed by atoms with E-state index in [0.717, 1.165) is 53.4 Å². The number of nitrogens with one attached hydrogen (secondary N) is 1. The minimum absolute atomic E-state index is 0.0524.